The molecule has 1 aromatic carbocycles. The third-order valence-corrected chi connectivity index (χ3v) is 3.74. The van der Waals surface area contributed by atoms with E-state index in [0.717, 1.165) is 13.0 Å². The zero-order chi connectivity index (χ0) is 12.8. The quantitative estimate of drug-likeness (QED) is 0.793. The summed E-state index contributed by atoms with van der Waals surface area (Å²) in [4.78, 5) is 1.31. The van der Waals surface area contributed by atoms with Crippen LogP contribution in [-0.4, -0.2) is 12.8 Å². The van der Waals surface area contributed by atoms with Gasteiger partial charge in [-0.05, 0) is 36.9 Å². The van der Waals surface area contributed by atoms with Gasteiger partial charge < -0.3 is 9.73 Å². The van der Waals surface area contributed by atoms with Crippen molar-refractivity contribution in [3.8, 4) is 0 Å². The van der Waals surface area contributed by atoms with E-state index in [9.17, 15) is 0 Å². The smallest absolute Gasteiger partial charge is 0.0953 e. The van der Waals surface area contributed by atoms with Crippen LogP contribution in [0.1, 0.15) is 30.5 Å². The highest BCUT2D eigenvalue weighted by Crippen LogP contribution is 2.30. The molecule has 1 aromatic heterocycles. The van der Waals surface area contributed by atoms with Crippen LogP contribution < -0.4 is 5.32 Å². The van der Waals surface area contributed by atoms with Crippen LogP contribution in [-0.2, 0) is 0 Å². The second kappa shape index (κ2) is 6.66. The molecule has 1 N–H and O–H groups in total. The van der Waals surface area contributed by atoms with Crippen LogP contribution in [0.2, 0.25) is 0 Å². The maximum Gasteiger partial charge on any atom is 0.0953 e. The molecule has 1 unspecified atom stereocenters. The van der Waals surface area contributed by atoms with Crippen molar-refractivity contribution in [2.24, 2.45) is 0 Å². The van der Waals surface area contributed by atoms with E-state index >= 15 is 0 Å². The fourth-order valence-corrected chi connectivity index (χ4v) is 2.68. The molecule has 0 fully saturated rings. The van der Waals surface area contributed by atoms with Crippen LogP contribution in [0.25, 0.3) is 0 Å². The lowest BCUT2D eigenvalue weighted by Crippen LogP contribution is -2.23. The summed E-state index contributed by atoms with van der Waals surface area (Å²) in [5.74, 6) is 0. The zero-order valence-electron chi connectivity index (χ0n) is 10.8. The summed E-state index contributed by atoms with van der Waals surface area (Å²) in [7, 11) is 0. The van der Waals surface area contributed by atoms with Gasteiger partial charge in [-0.3, -0.25) is 0 Å². The fourth-order valence-electron chi connectivity index (χ4n) is 2.04. The molecule has 2 aromatic rings. The Labute approximate surface area is 113 Å². The van der Waals surface area contributed by atoms with E-state index in [1.54, 1.807) is 18.0 Å². The summed E-state index contributed by atoms with van der Waals surface area (Å²) in [6.45, 7) is 3.18. The van der Waals surface area contributed by atoms with Crippen molar-refractivity contribution in [2.45, 2.75) is 24.3 Å². The second-order valence-corrected chi connectivity index (χ2v) is 5.03. The zero-order valence-corrected chi connectivity index (χ0v) is 11.7. The van der Waals surface area contributed by atoms with E-state index in [0.29, 0.717) is 0 Å². The molecule has 0 bridgehead atoms. The van der Waals surface area contributed by atoms with Crippen LogP contribution in [0.3, 0.4) is 0 Å². The first kappa shape index (κ1) is 13.2. The summed E-state index contributed by atoms with van der Waals surface area (Å²) in [6, 6.07) is 10.8. The number of hydrogen-bond donors (Lipinski definition) is 1. The minimum atomic E-state index is 0.215. The third-order valence-electron chi connectivity index (χ3n) is 2.92. The molecule has 0 saturated carbocycles. The molecule has 1 atom stereocenters. The molecule has 0 aliphatic carbocycles. The van der Waals surface area contributed by atoms with Crippen molar-refractivity contribution in [3.05, 3.63) is 54.0 Å². The fraction of sp³-hybridized carbons (Fsp3) is 0.333. The van der Waals surface area contributed by atoms with Crippen LogP contribution >= 0.6 is 11.8 Å². The summed E-state index contributed by atoms with van der Waals surface area (Å²) < 4.78 is 5.22. The lowest BCUT2D eigenvalue weighted by molar-refractivity contribution is 0.546. The van der Waals surface area contributed by atoms with Crippen LogP contribution in [0, 0.1) is 0 Å². The Balaban J connectivity index is 2.33. The number of nitrogens with one attached hydrogen (secondary N) is 1. The highest BCUT2D eigenvalue weighted by atomic mass is 32.2. The molecule has 2 rings (SSSR count). The molecule has 0 saturated heterocycles. The van der Waals surface area contributed by atoms with Gasteiger partial charge in [0, 0.05) is 10.5 Å². The predicted molar refractivity (Wildman–Crippen MR) is 77.1 cm³/mol. The summed E-state index contributed by atoms with van der Waals surface area (Å²) in [5, 5.41) is 3.59. The lowest BCUT2D eigenvalue weighted by Gasteiger charge is -2.20. The van der Waals surface area contributed by atoms with E-state index in [1.165, 1.54) is 16.0 Å². The molecule has 0 aliphatic rings. The molecular weight excluding hydrogens is 242 g/mol. The van der Waals surface area contributed by atoms with Crippen molar-refractivity contribution in [1.82, 2.24) is 5.32 Å². The monoisotopic (exact) mass is 261 g/mol. The van der Waals surface area contributed by atoms with Crippen LogP contribution in [0.4, 0.5) is 0 Å². The normalized spacial score (nSPS) is 12.6. The van der Waals surface area contributed by atoms with Gasteiger partial charge in [0.05, 0.1) is 18.6 Å². The number of benzene rings is 1. The first-order chi connectivity index (χ1) is 8.86. The van der Waals surface area contributed by atoms with Gasteiger partial charge in [0.2, 0.25) is 0 Å². The Morgan fingerprint density at radius 3 is 2.78 bits per heavy atom. The van der Waals surface area contributed by atoms with E-state index < -0.39 is 0 Å². The van der Waals surface area contributed by atoms with Crippen molar-refractivity contribution < 1.29 is 4.42 Å². The molecule has 96 valence electrons. The molecule has 0 aliphatic heterocycles. The minimum Gasteiger partial charge on any atom is -0.472 e. The summed E-state index contributed by atoms with van der Waals surface area (Å²) in [5.41, 5.74) is 2.50. The second-order valence-electron chi connectivity index (χ2n) is 4.19. The number of hydrogen-bond acceptors (Lipinski definition) is 3. The van der Waals surface area contributed by atoms with Crippen molar-refractivity contribution in [3.63, 3.8) is 0 Å². The molecule has 0 radical (unpaired) electrons. The Kier molecular flexibility index (Phi) is 4.90. The van der Waals surface area contributed by atoms with Crippen molar-refractivity contribution in [2.75, 3.05) is 12.8 Å². The maximum atomic E-state index is 5.22. The average molecular weight is 261 g/mol. The van der Waals surface area contributed by atoms with Crippen molar-refractivity contribution >= 4 is 11.8 Å². The Morgan fingerprint density at radius 2 is 2.11 bits per heavy atom. The van der Waals surface area contributed by atoms with Gasteiger partial charge in [-0.1, -0.05) is 25.1 Å². The molecule has 3 heteroatoms. The number of thioether (sulfide) groups is 1. The minimum absolute atomic E-state index is 0.215. The third kappa shape index (κ3) is 2.98. The Bertz CT molecular complexity index is 467. The Morgan fingerprint density at radius 1 is 1.28 bits per heavy atom. The molecule has 18 heavy (non-hydrogen) atoms. The molecule has 0 amide bonds. The van der Waals surface area contributed by atoms with Gasteiger partial charge in [0.15, 0.2) is 0 Å². The molecular formula is C15H19NOS. The Hall–Kier alpha value is -1.19. The van der Waals surface area contributed by atoms with E-state index in [2.05, 4.69) is 42.8 Å². The molecule has 1 heterocycles. The largest absolute Gasteiger partial charge is 0.472 e. The lowest BCUT2D eigenvalue weighted by atomic mass is 10.0. The van der Waals surface area contributed by atoms with Crippen molar-refractivity contribution in [1.29, 1.82) is 0 Å². The first-order valence-electron chi connectivity index (χ1n) is 6.25. The summed E-state index contributed by atoms with van der Waals surface area (Å²) >= 11 is 1.78. The van der Waals surface area contributed by atoms with E-state index in [-0.39, 0.29) is 6.04 Å². The van der Waals surface area contributed by atoms with Crippen LogP contribution in [0.5, 0.6) is 0 Å². The summed E-state index contributed by atoms with van der Waals surface area (Å²) in [6.07, 6.45) is 6.79. The maximum absolute atomic E-state index is 5.22. The van der Waals surface area contributed by atoms with Crippen LogP contribution in [0.15, 0.2) is 52.2 Å². The van der Waals surface area contributed by atoms with Gasteiger partial charge in [0.1, 0.15) is 0 Å². The van der Waals surface area contributed by atoms with Gasteiger partial charge in [-0.25, -0.2) is 0 Å². The SMILES string of the molecule is CCCNC(c1ccoc1)c1ccccc1SC. The highest BCUT2D eigenvalue weighted by molar-refractivity contribution is 7.98. The predicted octanol–water partition coefficient (Wildman–Crippen LogP) is 4.09. The van der Waals surface area contributed by atoms with Gasteiger partial charge in [-0.2, -0.15) is 0 Å². The number of furan rings is 1. The topological polar surface area (TPSA) is 25.2 Å². The van der Waals surface area contributed by atoms with E-state index in [1.807, 2.05) is 12.3 Å². The average Bonchev–Trinajstić information content (AvgIpc) is 2.94. The molecule has 2 nitrogen and oxygen atoms in total. The molecule has 0 spiro atoms. The number of rotatable bonds is 6. The van der Waals surface area contributed by atoms with E-state index in [4.69, 9.17) is 4.42 Å². The van der Waals surface area contributed by atoms with Gasteiger partial charge in [0.25, 0.3) is 0 Å². The standard InChI is InChI=1S/C15H19NOS/c1-3-9-16-15(12-8-10-17-11-12)13-6-4-5-7-14(13)18-2/h4-8,10-11,15-16H,3,9H2,1-2H3. The van der Waals surface area contributed by atoms with Gasteiger partial charge >= 0.3 is 0 Å². The highest BCUT2D eigenvalue weighted by Gasteiger charge is 2.17. The first-order valence-corrected chi connectivity index (χ1v) is 7.47. The van der Waals surface area contributed by atoms with Gasteiger partial charge in [-0.15, -0.1) is 11.8 Å².